The van der Waals surface area contributed by atoms with Gasteiger partial charge in [0.05, 0.1) is 11.7 Å². The van der Waals surface area contributed by atoms with E-state index in [2.05, 4.69) is 4.98 Å². The zero-order chi connectivity index (χ0) is 8.39. The van der Waals surface area contributed by atoms with Gasteiger partial charge in [0, 0.05) is 25.2 Å². The highest BCUT2D eigenvalue weighted by molar-refractivity contribution is 5.53. The molecule has 2 aromatic rings. The number of nitrogens with zero attached hydrogens (tertiary/aromatic N) is 2. The summed E-state index contributed by atoms with van der Waals surface area (Å²) >= 11 is 0. The van der Waals surface area contributed by atoms with Crippen LogP contribution >= 0.6 is 0 Å². The fraction of sp³-hybridized carbons (Fsp3) is 0.222. The monoisotopic (exact) mass is 162 g/mol. The molecule has 0 spiro atoms. The van der Waals surface area contributed by atoms with Crippen LogP contribution < -0.4 is 0 Å². The molecule has 0 aromatic carbocycles. The molecule has 0 atom stereocenters. The second kappa shape index (κ2) is 2.95. The van der Waals surface area contributed by atoms with Gasteiger partial charge in [0.15, 0.2) is 0 Å². The van der Waals surface area contributed by atoms with E-state index in [1.165, 1.54) is 0 Å². The van der Waals surface area contributed by atoms with Gasteiger partial charge in [0.2, 0.25) is 0 Å². The van der Waals surface area contributed by atoms with E-state index in [4.69, 9.17) is 5.11 Å². The molecule has 0 aliphatic rings. The Hall–Kier alpha value is -1.35. The van der Waals surface area contributed by atoms with Crippen molar-refractivity contribution < 1.29 is 5.11 Å². The van der Waals surface area contributed by atoms with Crippen molar-refractivity contribution in [1.82, 2.24) is 9.38 Å². The second-order valence-electron chi connectivity index (χ2n) is 2.68. The van der Waals surface area contributed by atoms with E-state index >= 15 is 0 Å². The van der Waals surface area contributed by atoms with Crippen molar-refractivity contribution in [2.45, 2.75) is 6.42 Å². The highest BCUT2D eigenvalue weighted by atomic mass is 16.2. The van der Waals surface area contributed by atoms with Crippen LogP contribution in [0.2, 0.25) is 0 Å². The molecule has 1 N–H and O–H groups in total. The number of fused-ring (bicyclic) bond motifs is 1. The SMILES string of the molecule is OCCc1ccn2ccncc12. The average molecular weight is 162 g/mol. The van der Waals surface area contributed by atoms with Crippen LogP contribution in [0.15, 0.2) is 30.9 Å². The highest BCUT2D eigenvalue weighted by Crippen LogP contribution is 2.10. The molecule has 3 heteroatoms. The summed E-state index contributed by atoms with van der Waals surface area (Å²) in [7, 11) is 0. The smallest absolute Gasteiger partial charge is 0.0667 e. The Morgan fingerprint density at radius 2 is 2.33 bits per heavy atom. The van der Waals surface area contributed by atoms with Gasteiger partial charge in [-0.2, -0.15) is 0 Å². The molecule has 0 unspecified atom stereocenters. The van der Waals surface area contributed by atoms with Crippen molar-refractivity contribution >= 4 is 5.52 Å². The predicted octanol–water partition coefficient (Wildman–Crippen LogP) is 0.869. The first-order chi connectivity index (χ1) is 5.92. The summed E-state index contributed by atoms with van der Waals surface area (Å²) in [5.74, 6) is 0. The molecular formula is C9H10N2O. The molecule has 2 heterocycles. The van der Waals surface area contributed by atoms with Crippen LogP contribution in [0.5, 0.6) is 0 Å². The van der Waals surface area contributed by atoms with Gasteiger partial charge >= 0.3 is 0 Å². The molecule has 0 aliphatic heterocycles. The van der Waals surface area contributed by atoms with Gasteiger partial charge in [-0.15, -0.1) is 0 Å². The number of aliphatic hydroxyl groups is 1. The summed E-state index contributed by atoms with van der Waals surface area (Å²) in [4.78, 5) is 4.03. The minimum atomic E-state index is 0.189. The maximum absolute atomic E-state index is 8.77. The topological polar surface area (TPSA) is 37.5 Å². The largest absolute Gasteiger partial charge is 0.396 e. The third-order valence-corrected chi connectivity index (χ3v) is 1.93. The minimum absolute atomic E-state index is 0.189. The van der Waals surface area contributed by atoms with E-state index < -0.39 is 0 Å². The Kier molecular flexibility index (Phi) is 1.80. The summed E-state index contributed by atoms with van der Waals surface area (Å²) in [5.41, 5.74) is 2.22. The predicted molar refractivity (Wildman–Crippen MR) is 46.0 cm³/mol. The summed E-state index contributed by atoms with van der Waals surface area (Å²) in [6.45, 7) is 0.189. The van der Waals surface area contributed by atoms with Crippen LogP contribution in [0, 0.1) is 0 Å². The lowest BCUT2D eigenvalue weighted by atomic mass is 10.2. The number of aliphatic hydroxyl groups excluding tert-OH is 1. The molecule has 0 saturated carbocycles. The van der Waals surface area contributed by atoms with Gasteiger partial charge in [-0.1, -0.05) is 0 Å². The summed E-state index contributed by atoms with van der Waals surface area (Å²) in [5, 5.41) is 8.77. The Balaban J connectivity index is 2.55. The second-order valence-corrected chi connectivity index (χ2v) is 2.68. The minimum Gasteiger partial charge on any atom is -0.396 e. The first-order valence-electron chi connectivity index (χ1n) is 3.92. The van der Waals surface area contributed by atoms with E-state index in [9.17, 15) is 0 Å². The van der Waals surface area contributed by atoms with Crippen LogP contribution in [0.1, 0.15) is 5.56 Å². The Labute approximate surface area is 70.3 Å². The van der Waals surface area contributed by atoms with Crippen molar-refractivity contribution in [3.05, 3.63) is 36.4 Å². The van der Waals surface area contributed by atoms with Crippen LogP contribution in [-0.4, -0.2) is 21.1 Å². The quantitative estimate of drug-likeness (QED) is 0.711. The molecular weight excluding hydrogens is 152 g/mol. The fourth-order valence-corrected chi connectivity index (χ4v) is 1.34. The summed E-state index contributed by atoms with van der Waals surface area (Å²) in [6.07, 6.45) is 8.13. The molecule has 2 rings (SSSR count). The molecule has 0 fully saturated rings. The lowest BCUT2D eigenvalue weighted by molar-refractivity contribution is 0.300. The lowest BCUT2D eigenvalue weighted by Crippen LogP contribution is -1.90. The molecule has 0 aliphatic carbocycles. The lowest BCUT2D eigenvalue weighted by Gasteiger charge is -1.95. The Morgan fingerprint density at radius 1 is 1.42 bits per heavy atom. The van der Waals surface area contributed by atoms with E-state index in [-0.39, 0.29) is 6.61 Å². The molecule has 0 amide bonds. The van der Waals surface area contributed by atoms with Gasteiger partial charge in [-0.05, 0) is 18.1 Å². The Bertz CT molecular complexity index is 381. The van der Waals surface area contributed by atoms with Crippen molar-refractivity contribution in [2.75, 3.05) is 6.61 Å². The maximum atomic E-state index is 8.77. The van der Waals surface area contributed by atoms with Crippen molar-refractivity contribution in [2.24, 2.45) is 0 Å². The third kappa shape index (κ3) is 1.08. The molecule has 3 nitrogen and oxygen atoms in total. The molecule has 12 heavy (non-hydrogen) atoms. The van der Waals surface area contributed by atoms with Gasteiger partial charge in [-0.25, -0.2) is 0 Å². The summed E-state index contributed by atoms with van der Waals surface area (Å²) < 4.78 is 2.00. The molecule has 62 valence electrons. The normalized spacial score (nSPS) is 10.8. The number of aromatic nitrogens is 2. The highest BCUT2D eigenvalue weighted by Gasteiger charge is 1.99. The van der Waals surface area contributed by atoms with E-state index in [0.717, 1.165) is 11.1 Å². The zero-order valence-electron chi connectivity index (χ0n) is 6.64. The molecule has 0 saturated heterocycles. The summed E-state index contributed by atoms with van der Waals surface area (Å²) in [6, 6.07) is 2.01. The van der Waals surface area contributed by atoms with E-state index in [1.807, 2.05) is 29.1 Å². The van der Waals surface area contributed by atoms with Gasteiger partial charge in [-0.3, -0.25) is 4.98 Å². The third-order valence-electron chi connectivity index (χ3n) is 1.93. The van der Waals surface area contributed by atoms with Crippen molar-refractivity contribution in [3.8, 4) is 0 Å². The first kappa shape index (κ1) is 7.31. The van der Waals surface area contributed by atoms with Crippen molar-refractivity contribution in [3.63, 3.8) is 0 Å². The molecule has 2 aromatic heterocycles. The fourth-order valence-electron chi connectivity index (χ4n) is 1.34. The van der Waals surface area contributed by atoms with E-state index in [0.29, 0.717) is 6.42 Å². The standard InChI is InChI=1S/C9H10N2O/c12-6-2-8-1-4-11-5-3-10-7-9(8)11/h1,3-5,7,12H,2,6H2. The zero-order valence-corrected chi connectivity index (χ0v) is 6.64. The first-order valence-corrected chi connectivity index (χ1v) is 3.92. The van der Waals surface area contributed by atoms with Crippen molar-refractivity contribution in [1.29, 1.82) is 0 Å². The Morgan fingerprint density at radius 3 is 3.17 bits per heavy atom. The van der Waals surface area contributed by atoms with Crippen LogP contribution in [0.4, 0.5) is 0 Å². The van der Waals surface area contributed by atoms with Gasteiger partial charge in [0.1, 0.15) is 0 Å². The van der Waals surface area contributed by atoms with Crippen LogP contribution in [0.25, 0.3) is 5.52 Å². The van der Waals surface area contributed by atoms with Gasteiger partial charge in [0.25, 0.3) is 0 Å². The average Bonchev–Trinajstić information content (AvgIpc) is 2.50. The van der Waals surface area contributed by atoms with Crippen LogP contribution in [-0.2, 0) is 6.42 Å². The van der Waals surface area contributed by atoms with Gasteiger partial charge < -0.3 is 9.51 Å². The van der Waals surface area contributed by atoms with Crippen LogP contribution in [0.3, 0.4) is 0 Å². The maximum Gasteiger partial charge on any atom is 0.0667 e. The molecule has 0 bridgehead atoms. The van der Waals surface area contributed by atoms with E-state index in [1.54, 1.807) is 6.20 Å². The number of hydrogen-bond donors (Lipinski definition) is 1. The number of rotatable bonds is 2. The number of hydrogen-bond acceptors (Lipinski definition) is 2. The molecule has 0 radical (unpaired) electrons.